The van der Waals surface area contributed by atoms with Crippen molar-refractivity contribution < 1.29 is 14.4 Å². The van der Waals surface area contributed by atoms with E-state index in [9.17, 15) is 14.4 Å². The van der Waals surface area contributed by atoms with Crippen LogP contribution in [-0.4, -0.2) is 53.9 Å². The number of aromatic nitrogens is 1. The number of pyridine rings is 1. The lowest BCUT2D eigenvalue weighted by molar-refractivity contribution is -0.117. The van der Waals surface area contributed by atoms with Gasteiger partial charge in [-0.1, -0.05) is 12.1 Å². The second-order valence-corrected chi connectivity index (χ2v) is 8.02. The van der Waals surface area contributed by atoms with Gasteiger partial charge in [-0.25, -0.2) is 4.98 Å². The van der Waals surface area contributed by atoms with Crippen molar-refractivity contribution in [3.63, 3.8) is 0 Å². The summed E-state index contributed by atoms with van der Waals surface area (Å²) in [5.74, 6) is 0.438. The van der Waals surface area contributed by atoms with E-state index in [0.29, 0.717) is 29.8 Å². The monoisotopic (exact) mass is 407 g/mol. The highest BCUT2D eigenvalue weighted by Gasteiger charge is 2.52. The predicted molar refractivity (Wildman–Crippen MR) is 114 cm³/mol. The second kappa shape index (κ2) is 7.44. The molecule has 0 spiro atoms. The van der Waals surface area contributed by atoms with Crippen molar-refractivity contribution in [2.24, 2.45) is 0 Å². The Bertz CT molecular complexity index is 1000. The van der Waals surface area contributed by atoms with Gasteiger partial charge in [0, 0.05) is 33.5 Å². The van der Waals surface area contributed by atoms with Crippen LogP contribution in [0.3, 0.4) is 0 Å². The molecule has 0 bridgehead atoms. The Morgan fingerprint density at radius 1 is 1.20 bits per heavy atom. The van der Waals surface area contributed by atoms with Gasteiger partial charge in [0.25, 0.3) is 5.91 Å². The molecule has 1 fully saturated rings. The molecule has 0 saturated carbocycles. The van der Waals surface area contributed by atoms with Crippen LogP contribution in [0, 0.1) is 0 Å². The molecule has 4 rings (SSSR count). The highest BCUT2D eigenvalue weighted by atomic mass is 16.2. The molecule has 156 valence electrons. The number of nitrogens with one attached hydrogen (secondary N) is 1. The molecule has 8 nitrogen and oxygen atoms in total. The minimum Gasteiger partial charge on any atom is -0.363 e. The molecule has 1 aromatic heterocycles. The lowest BCUT2D eigenvalue weighted by Crippen LogP contribution is -2.62. The SMILES string of the molecule is CN(C)c1ccc(NC(=O)CCN2C(=O)c3ccccc3N3C(=O)CC[C@]23C)cn1. The van der Waals surface area contributed by atoms with Crippen LogP contribution in [-0.2, 0) is 9.59 Å². The molecule has 2 aliphatic heterocycles. The number of benzene rings is 1. The topological polar surface area (TPSA) is 85.9 Å². The van der Waals surface area contributed by atoms with Crippen molar-refractivity contribution in [2.75, 3.05) is 35.8 Å². The number of nitrogens with zero attached hydrogens (tertiary/aromatic N) is 4. The summed E-state index contributed by atoms with van der Waals surface area (Å²) in [4.78, 5) is 47.8. The van der Waals surface area contributed by atoms with E-state index in [1.54, 1.807) is 34.2 Å². The summed E-state index contributed by atoms with van der Waals surface area (Å²) in [6, 6.07) is 10.8. The van der Waals surface area contributed by atoms with E-state index in [0.717, 1.165) is 5.82 Å². The van der Waals surface area contributed by atoms with Gasteiger partial charge >= 0.3 is 0 Å². The van der Waals surface area contributed by atoms with Gasteiger partial charge < -0.3 is 15.1 Å². The van der Waals surface area contributed by atoms with E-state index >= 15 is 0 Å². The number of para-hydroxylation sites is 1. The molecule has 3 amide bonds. The Labute approximate surface area is 175 Å². The van der Waals surface area contributed by atoms with Crippen molar-refractivity contribution in [3.8, 4) is 0 Å². The zero-order valence-corrected chi connectivity index (χ0v) is 17.4. The Balaban J connectivity index is 1.49. The molecule has 0 aliphatic carbocycles. The third-order valence-electron chi connectivity index (χ3n) is 5.80. The van der Waals surface area contributed by atoms with Crippen molar-refractivity contribution >= 4 is 34.9 Å². The van der Waals surface area contributed by atoms with E-state index in [-0.39, 0.29) is 30.7 Å². The molecule has 3 heterocycles. The normalized spacial score (nSPS) is 20.1. The molecular weight excluding hydrogens is 382 g/mol. The zero-order chi connectivity index (χ0) is 21.5. The molecule has 1 N–H and O–H groups in total. The highest BCUT2D eigenvalue weighted by molar-refractivity contribution is 6.10. The van der Waals surface area contributed by atoms with Crippen LogP contribution in [0.25, 0.3) is 0 Å². The van der Waals surface area contributed by atoms with Crippen LogP contribution in [0.15, 0.2) is 42.6 Å². The summed E-state index contributed by atoms with van der Waals surface area (Å²) in [7, 11) is 3.79. The van der Waals surface area contributed by atoms with Crippen LogP contribution in [0.2, 0.25) is 0 Å². The molecule has 1 atom stereocenters. The van der Waals surface area contributed by atoms with Crippen molar-refractivity contribution in [1.82, 2.24) is 9.88 Å². The number of hydrogen-bond donors (Lipinski definition) is 1. The van der Waals surface area contributed by atoms with E-state index in [2.05, 4.69) is 10.3 Å². The maximum atomic E-state index is 13.2. The number of carbonyl (C=O) groups is 3. The first-order valence-electron chi connectivity index (χ1n) is 9.98. The standard InChI is InChI=1S/C22H25N5O3/c1-22-12-10-20(29)27(22)17-7-5-4-6-16(17)21(30)26(22)13-11-19(28)24-15-8-9-18(23-14-15)25(2)3/h4-9,14H,10-13H2,1-3H3,(H,24,28)/t22-/m1/s1. The first-order valence-corrected chi connectivity index (χ1v) is 9.98. The molecule has 2 aromatic rings. The number of hydrogen-bond acceptors (Lipinski definition) is 5. The fourth-order valence-corrected chi connectivity index (χ4v) is 4.20. The first-order chi connectivity index (χ1) is 14.3. The zero-order valence-electron chi connectivity index (χ0n) is 17.4. The van der Waals surface area contributed by atoms with Crippen LogP contribution < -0.4 is 15.1 Å². The summed E-state index contributed by atoms with van der Waals surface area (Å²) in [6.45, 7) is 2.12. The smallest absolute Gasteiger partial charge is 0.257 e. The summed E-state index contributed by atoms with van der Waals surface area (Å²) in [5.41, 5.74) is 0.997. The third kappa shape index (κ3) is 3.28. The molecule has 0 unspecified atom stereocenters. The quantitative estimate of drug-likeness (QED) is 0.823. The lowest BCUT2D eigenvalue weighted by Gasteiger charge is -2.48. The van der Waals surface area contributed by atoms with Crippen molar-refractivity contribution in [2.45, 2.75) is 31.8 Å². The number of fused-ring (bicyclic) bond motifs is 3. The van der Waals surface area contributed by atoms with Gasteiger partial charge in [0.1, 0.15) is 11.5 Å². The third-order valence-corrected chi connectivity index (χ3v) is 5.80. The van der Waals surface area contributed by atoms with Crippen molar-refractivity contribution in [1.29, 1.82) is 0 Å². The number of anilines is 3. The molecular formula is C22H25N5O3. The van der Waals surface area contributed by atoms with Crippen LogP contribution in [0.4, 0.5) is 17.2 Å². The summed E-state index contributed by atoms with van der Waals surface area (Å²) in [6.07, 6.45) is 2.66. The Morgan fingerprint density at radius 2 is 1.97 bits per heavy atom. The average molecular weight is 407 g/mol. The number of rotatable bonds is 5. The Kier molecular flexibility index (Phi) is 4.93. The van der Waals surface area contributed by atoms with Gasteiger partial charge in [0.2, 0.25) is 11.8 Å². The fraction of sp³-hybridized carbons (Fsp3) is 0.364. The Morgan fingerprint density at radius 3 is 2.67 bits per heavy atom. The maximum Gasteiger partial charge on any atom is 0.257 e. The van der Waals surface area contributed by atoms with Gasteiger partial charge in [-0.2, -0.15) is 0 Å². The van der Waals surface area contributed by atoms with E-state index in [1.165, 1.54) is 0 Å². The average Bonchev–Trinajstić information content (AvgIpc) is 3.03. The summed E-state index contributed by atoms with van der Waals surface area (Å²) < 4.78 is 0. The van der Waals surface area contributed by atoms with Gasteiger partial charge in [0.15, 0.2) is 0 Å². The first kappa shape index (κ1) is 19.9. The largest absolute Gasteiger partial charge is 0.363 e. The van der Waals surface area contributed by atoms with Gasteiger partial charge in [-0.05, 0) is 37.6 Å². The number of carbonyl (C=O) groups excluding carboxylic acids is 3. The molecule has 0 radical (unpaired) electrons. The minimum absolute atomic E-state index is 0.000965. The highest BCUT2D eigenvalue weighted by Crippen LogP contribution is 2.43. The van der Waals surface area contributed by atoms with E-state index in [1.807, 2.05) is 44.1 Å². The minimum atomic E-state index is -0.752. The lowest BCUT2D eigenvalue weighted by atomic mass is 9.98. The van der Waals surface area contributed by atoms with Gasteiger partial charge in [-0.15, -0.1) is 0 Å². The molecule has 1 saturated heterocycles. The molecule has 1 aromatic carbocycles. The Hall–Kier alpha value is -3.42. The fourth-order valence-electron chi connectivity index (χ4n) is 4.20. The van der Waals surface area contributed by atoms with Crippen molar-refractivity contribution in [3.05, 3.63) is 48.2 Å². The second-order valence-electron chi connectivity index (χ2n) is 8.02. The van der Waals surface area contributed by atoms with E-state index in [4.69, 9.17) is 0 Å². The van der Waals surface area contributed by atoms with E-state index < -0.39 is 5.66 Å². The summed E-state index contributed by atoms with van der Waals surface area (Å²) >= 11 is 0. The molecule has 2 aliphatic rings. The van der Waals surface area contributed by atoms with Crippen LogP contribution in [0.5, 0.6) is 0 Å². The van der Waals surface area contributed by atoms with Gasteiger partial charge in [0.05, 0.1) is 23.1 Å². The predicted octanol–water partition coefficient (Wildman–Crippen LogP) is 2.48. The number of amides is 3. The molecule has 8 heteroatoms. The molecule has 30 heavy (non-hydrogen) atoms. The van der Waals surface area contributed by atoms with Gasteiger partial charge in [-0.3, -0.25) is 19.3 Å². The summed E-state index contributed by atoms with van der Waals surface area (Å²) in [5, 5.41) is 2.82. The van der Waals surface area contributed by atoms with Crippen LogP contribution >= 0.6 is 0 Å². The van der Waals surface area contributed by atoms with Crippen LogP contribution in [0.1, 0.15) is 36.5 Å². The maximum absolute atomic E-state index is 13.2.